The fourth-order valence-corrected chi connectivity index (χ4v) is 1.79. The van der Waals surface area contributed by atoms with Gasteiger partial charge in [-0.3, -0.25) is 4.79 Å². The van der Waals surface area contributed by atoms with Crippen molar-refractivity contribution in [1.82, 2.24) is 4.90 Å². The molecule has 0 aliphatic heterocycles. The molecular formula is C13H17BrN2O2. The van der Waals surface area contributed by atoms with Crippen LogP contribution < -0.4 is 0 Å². The maximum absolute atomic E-state index is 12.2. The van der Waals surface area contributed by atoms with Crippen molar-refractivity contribution < 1.29 is 9.21 Å². The Kier molecular flexibility index (Phi) is 5.93. The van der Waals surface area contributed by atoms with Gasteiger partial charge in [-0.25, -0.2) is 0 Å². The van der Waals surface area contributed by atoms with E-state index in [1.165, 1.54) is 0 Å². The highest BCUT2D eigenvalue weighted by Crippen LogP contribution is 2.17. The van der Waals surface area contributed by atoms with Crippen LogP contribution >= 0.6 is 15.9 Å². The van der Waals surface area contributed by atoms with Gasteiger partial charge in [0.25, 0.3) is 0 Å². The Morgan fingerprint density at radius 3 is 2.83 bits per heavy atom. The van der Waals surface area contributed by atoms with Crippen molar-refractivity contribution in [3.05, 3.63) is 24.2 Å². The zero-order valence-corrected chi connectivity index (χ0v) is 12.2. The molecule has 5 heteroatoms. The molecule has 18 heavy (non-hydrogen) atoms. The molecule has 1 aromatic rings. The Hall–Kier alpha value is -1.28. The lowest BCUT2D eigenvalue weighted by Crippen LogP contribution is -2.38. The van der Waals surface area contributed by atoms with Crippen LogP contribution in [-0.4, -0.2) is 22.2 Å². The predicted molar refractivity (Wildman–Crippen MR) is 71.9 cm³/mol. The third kappa shape index (κ3) is 4.19. The van der Waals surface area contributed by atoms with E-state index < -0.39 is 0 Å². The van der Waals surface area contributed by atoms with Gasteiger partial charge < -0.3 is 9.32 Å². The number of halogens is 1. The first-order valence-corrected chi connectivity index (χ1v) is 6.80. The van der Waals surface area contributed by atoms with Crippen molar-refractivity contribution in [2.24, 2.45) is 5.92 Å². The number of nitrogens with zero attached hydrogens (tertiary/aromatic N) is 2. The van der Waals surface area contributed by atoms with E-state index in [1.54, 1.807) is 17.2 Å². The molecular weight excluding hydrogens is 296 g/mol. The minimum Gasteiger partial charge on any atom is -0.467 e. The van der Waals surface area contributed by atoms with Crippen LogP contribution in [0.1, 0.15) is 26.0 Å². The fraction of sp³-hybridized carbons (Fsp3) is 0.538. The van der Waals surface area contributed by atoms with Crippen LogP contribution in [0.4, 0.5) is 0 Å². The van der Waals surface area contributed by atoms with Gasteiger partial charge >= 0.3 is 0 Å². The lowest BCUT2D eigenvalue weighted by Gasteiger charge is -2.25. The molecule has 0 N–H and O–H groups in total. The van der Waals surface area contributed by atoms with E-state index in [9.17, 15) is 4.79 Å². The summed E-state index contributed by atoms with van der Waals surface area (Å²) in [6.07, 6.45) is 1.90. The number of rotatable bonds is 6. The third-order valence-corrected chi connectivity index (χ3v) is 4.00. The standard InChI is InChI=1S/C13H17BrN2O2/c1-10(2)12(14)13(17)16(7-4-6-15)9-11-5-3-8-18-11/h3,5,8,10,12H,4,7,9H2,1-2H3. The number of nitriles is 1. The fourth-order valence-electron chi connectivity index (χ4n) is 1.50. The van der Waals surface area contributed by atoms with Gasteiger partial charge in [0.15, 0.2) is 0 Å². The molecule has 98 valence electrons. The first-order chi connectivity index (χ1) is 8.56. The van der Waals surface area contributed by atoms with Crippen LogP contribution in [-0.2, 0) is 11.3 Å². The molecule has 0 saturated heterocycles. The SMILES string of the molecule is CC(C)C(Br)C(=O)N(CCC#N)Cc1ccco1. The summed E-state index contributed by atoms with van der Waals surface area (Å²) >= 11 is 3.40. The molecule has 0 fully saturated rings. The number of carbonyl (C=O) groups excluding carboxylic acids is 1. The molecule has 1 heterocycles. The van der Waals surface area contributed by atoms with Crippen LogP contribution in [0.2, 0.25) is 0 Å². The summed E-state index contributed by atoms with van der Waals surface area (Å²) in [6.45, 7) is 4.78. The molecule has 0 aromatic carbocycles. The van der Waals surface area contributed by atoms with Gasteiger partial charge in [-0.2, -0.15) is 5.26 Å². The van der Waals surface area contributed by atoms with Gasteiger partial charge in [0, 0.05) is 6.54 Å². The lowest BCUT2D eigenvalue weighted by atomic mass is 10.1. The van der Waals surface area contributed by atoms with Gasteiger partial charge in [0.1, 0.15) is 5.76 Å². The number of amides is 1. The molecule has 1 unspecified atom stereocenters. The molecule has 1 aromatic heterocycles. The first kappa shape index (κ1) is 14.8. The van der Waals surface area contributed by atoms with Crippen LogP contribution in [0.3, 0.4) is 0 Å². The summed E-state index contributed by atoms with van der Waals surface area (Å²) in [5.41, 5.74) is 0. The van der Waals surface area contributed by atoms with Crippen molar-refractivity contribution in [3.63, 3.8) is 0 Å². The molecule has 0 radical (unpaired) electrons. The van der Waals surface area contributed by atoms with Gasteiger partial charge in [-0.15, -0.1) is 0 Å². The van der Waals surface area contributed by atoms with Gasteiger partial charge in [0.2, 0.25) is 5.91 Å². The lowest BCUT2D eigenvalue weighted by molar-refractivity contribution is -0.132. The number of hydrogen-bond acceptors (Lipinski definition) is 3. The third-order valence-electron chi connectivity index (χ3n) is 2.55. The highest BCUT2D eigenvalue weighted by atomic mass is 79.9. The van der Waals surface area contributed by atoms with E-state index in [2.05, 4.69) is 22.0 Å². The van der Waals surface area contributed by atoms with Gasteiger partial charge in [-0.1, -0.05) is 29.8 Å². The zero-order chi connectivity index (χ0) is 13.5. The normalized spacial score (nSPS) is 12.2. The number of alkyl halides is 1. The van der Waals surface area contributed by atoms with Crippen molar-refractivity contribution in [2.45, 2.75) is 31.6 Å². The molecule has 0 aliphatic rings. The second-order valence-electron chi connectivity index (χ2n) is 4.39. The van der Waals surface area contributed by atoms with Crippen molar-refractivity contribution in [3.8, 4) is 6.07 Å². The Morgan fingerprint density at radius 2 is 2.33 bits per heavy atom. The Bertz CT molecular complexity index is 409. The summed E-state index contributed by atoms with van der Waals surface area (Å²) in [7, 11) is 0. The van der Waals surface area contributed by atoms with Crippen molar-refractivity contribution >= 4 is 21.8 Å². The average molecular weight is 313 g/mol. The smallest absolute Gasteiger partial charge is 0.237 e. The van der Waals surface area contributed by atoms with Gasteiger partial charge in [0.05, 0.1) is 30.1 Å². The van der Waals surface area contributed by atoms with Crippen molar-refractivity contribution in [1.29, 1.82) is 5.26 Å². The van der Waals surface area contributed by atoms with Crippen LogP contribution in [0, 0.1) is 17.2 Å². The summed E-state index contributed by atoms with van der Waals surface area (Å²) in [6, 6.07) is 5.67. The molecule has 0 saturated carbocycles. The summed E-state index contributed by atoms with van der Waals surface area (Å²) in [5, 5.41) is 8.65. The largest absolute Gasteiger partial charge is 0.467 e. The zero-order valence-electron chi connectivity index (χ0n) is 10.6. The molecule has 0 aliphatic carbocycles. The minimum absolute atomic E-state index is 0.00310. The molecule has 1 atom stereocenters. The van der Waals surface area contributed by atoms with Crippen molar-refractivity contribution in [2.75, 3.05) is 6.54 Å². The molecule has 0 bridgehead atoms. The van der Waals surface area contributed by atoms with Crippen LogP contribution in [0.15, 0.2) is 22.8 Å². The topological polar surface area (TPSA) is 57.2 Å². The van der Waals surface area contributed by atoms with E-state index in [0.29, 0.717) is 19.5 Å². The molecule has 4 nitrogen and oxygen atoms in total. The summed E-state index contributed by atoms with van der Waals surface area (Å²) < 4.78 is 5.24. The predicted octanol–water partition coefficient (Wildman–Crippen LogP) is 2.94. The van der Waals surface area contributed by atoms with E-state index in [0.717, 1.165) is 5.76 Å². The van der Waals surface area contributed by atoms with E-state index in [-0.39, 0.29) is 16.7 Å². The maximum atomic E-state index is 12.2. The average Bonchev–Trinajstić information content (AvgIpc) is 2.85. The van der Waals surface area contributed by atoms with Crippen LogP contribution in [0.5, 0.6) is 0 Å². The first-order valence-electron chi connectivity index (χ1n) is 5.88. The van der Waals surface area contributed by atoms with E-state index in [4.69, 9.17) is 9.68 Å². The van der Waals surface area contributed by atoms with Gasteiger partial charge in [-0.05, 0) is 18.1 Å². The number of carbonyl (C=O) groups is 1. The summed E-state index contributed by atoms with van der Waals surface area (Å²) in [4.78, 5) is 13.7. The van der Waals surface area contributed by atoms with Crippen LogP contribution in [0.25, 0.3) is 0 Å². The van der Waals surface area contributed by atoms with E-state index >= 15 is 0 Å². The Balaban J connectivity index is 2.71. The second kappa shape index (κ2) is 7.22. The second-order valence-corrected chi connectivity index (χ2v) is 5.38. The maximum Gasteiger partial charge on any atom is 0.237 e. The monoisotopic (exact) mass is 312 g/mol. The van der Waals surface area contributed by atoms with E-state index in [1.807, 2.05) is 19.9 Å². The molecule has 1 rings (SSSR count). The molecule has 0 spiro atoms. The Labute approximate surface area is 116 Å². The quantitative estimate of drug-likeness (QED) is 0.759. The Morgan fingerprint density at radius 1 is 1.61 bits per heavy atom. The highest BCUT2D eigenvalue weighted by molar-refractivity contribution is 9.10. The number of hydrogen-bond donors (Lipinski definition) is 0. The summed E-state index contributed by atoms with van der Waals surface area (Å²) in [5.74, 6) is 0.931. The molecule has 1 amide bonds. The highest BCUT2D eigenvalue weighted by Gasteiger charge is 2.24. The number of furan rings is 1. The minimum atomic E-state index is -0.230.